The molecule has 0 saturated carbocycles. The third-order valence-electron chi connectivity index (χ3n) is 5.63. The highest BCUT2D eigenvalue weighted by Gasteiger charge is 2.23. The van der Waals surface area contributed by atoms with E-state index >= 15 is 0 Å². The van der Waals surface area contributed by atoms with Crippen LogP contribution in [-0.4, -0.2) is 32.5 Å². The van der Waals surface area contributed by atoms with E-state index in [9.17, 15) is 0 Å². The average molecular weight is 322 g/mol. The summed E-state index contributed by atoms with van der Waals surface area (Å²) in [4.78, 5) is 10.7. The molecule has 4 nitrogen and oxygen atoms in total. The number of rotatable bonds is 3. The topological polar surface area (TPSA) is 36.9 Å². The number of imidazole rings is 1. The van der Waals surface area contributed by atoms with Crippen LogP contribution in [0.2, 0.25) is 0 Å². The summed E-state index contributed by atoms with van der Waals surface area (Å²) in [6, 6.07) is 6.69. The van der Waals surface area contributed by atoms with Crippen LogP contribution in [0.3, 0.4) is 0 Å². The number of aromatic amines is 1. The van der Waals surface area contributed by atoms with E-state index in [0.717, 1.165) is 19.6 Å². The van der Waals surface area contributed by atoms with Crippen molar-refractivity contribution in [2.75, 3.05) is 13.1 Å². The Morgan fingerprint density at radius 1 is 1.21 bits per heavy atom. The van der Waals surface area contributed by atoms with E-state index in [1.54, 1.807) is 0 Å². The Morgan fingerprint density at radius 2 is 2.00 bits per heavy atom. The normalized spacial score (nSPS) is 17.0. The number of fused-ring (bicyclic) bond motifs is 1. The number of benzene rings is 1. The number of hydrogen-bond donors (Lipinski definition) is 1. The fourth-order valence-electron chi connectivity index (χ4n) is 4.04. The Kier molecular flexibility index (Phi) is 3.93. The first-order valence-electron chi connectivity index (χ1n) is 8.90. The van der Waals surface area contributed by atoms with Crippen molar-refractivity contribution in [1.29, 1.82) is 0 Å². The fraction of sp³-hybridized carbons (Fsp3) is 0.450. The Labute approximate surface area is 143 Å². The monoisotopic (exact) mass is 322 g/mol. The molecule has 1 aliphatic heterocycles. The SMILES string of the molecule is Cc1[nH]c2c(CN3CCC(c4nccn4C)CC3)cccc2c1C. The lowest BCUT2D eigenvalue weighted by Crippen LogP contribution is -2.33. The van der Waals surface area contributed by atoms with Gasteiger partial charge < -0.3 is 9.55 Å². The van der Waals surface area contributed by atoms with Crippen LogP contribution >= 0.6 is 0 Å². The van der Waals surface area contributed by atoms with Gasteiger partial charge in [0.1, 0.15) is 5.82 Å². The first-order valence-corrected chi connectivity index (χ1v) is 8.90. The molecule has 3 heterocycles. The maximum Gasteiger partial charge on any atom is 0.111 e. The molecule has 1 saturated heterocycles. The van der Waals surface area contributed by atoms with Gasteiger partial charge in [0.05, 0.1) is 5.52 Å². The van der Waals surface area contributed by atoms with Crippen LogP contribution in [0, 0.1) is 13.8 Å². The van der Waals surface area contributed by atoms with Crippen molar-refractivity contribution < 1.29 is 0 Å². The van der Waals surface area contributed by atoms with Gasteiger partial charge in [0.2, 0.25) is 0 Å². The van der Waals surface area contributed by atoms with Gasteiger partial charge in [-0.05, 0) is 50.9 Å². The van der Waals surface area contributed by atoms with E-state index in [1.807, 2.05) is 6.20 Å². The van der Waals surface area contributed by atoms with Crippen molar-refractivity contribution in [3.63, 3.8) is 0 Å². The zero-order valence-corrected chi connectivity index (χ0v) is 14.8. The van der Waals surface area contributed by atoms with Crippen molar-refractivity contribution in [1.82, 2.24) is 19.4 Å². The number of likely N-dealkylation sites (tertiary alicyclic amines) is 1. The van der Waals surface area contributed by atoms with Crippen molar-refractivity contribution in [2.45, 2.75) is 39.2 Å². The lowest BCUT2D eigenvalue weighted by molar-refractivity contribution is 0.201. The first kappa shape index (κ1) is 15.5. The molecule has 4 heteroatoms. The molecule has 0 atom stereocenters. The van der Waals surface area contributed by atoms with Crippen molar-refractivity contribution in [2.24, 2.45) is 7.05 Å². The summed E-state index contributed by atoms with van der Waals surface area (Å²) in [5.74, 6) is 1.85. The molecule has 0 amide bonds. The highest BCUT2D eigenvalue weighted by molar-refractivity contribution is 5.87. The number of aromatic nitrogens is 3. The third kappa shape index (κ3) is 2.65. The maximum absolute atomic E-state index is 4.54. The molecule has 4 rings (SSSR count). The second-order valence-corrected chi connectivity index (χ2v) is 7.16. The molecule has 1 aromatic carbocycles. The first-order chi connectivity index (χ1) is 11.6. The molecule has 24 heavy (non-hydrogen) atoms. The second-order valence-electron chi connectivity index (χ2n) is 7.16. The zero-order chi connectivity index (χ0) is 16.7. The van der Waals surface area contributed by atoms with Crippen LogP contribution in [0.4, 0.5) is 0 Å². The molecule has 1 N–H and O–H groups in total. The van der Waals surface area contributed by atoms with Gasteiger partial charge in [-0.25, -0.2) is 4.98 Å². The largest absolute Gasteiger partial charge is 0.358 e. The number of nitrogens with zero attached hydrogens (tertiary/aromatic N) is 3. The molecule has 0 aliphatic carbocycles. The quantitative estimate of drug-likeness (QED) is 0.794. The summed E-state index contributed by atoms with van der Waals surface area (Å²) in [6.07, 6.45) is 6.36. The molecule has 2 aromatic heterocycles. The minimum Gasteiger partial charge on any atom is -0.358 e. The van der Waals surface area contributed by atoms with Gasteiger partial charge in [-0.3, -0.25) is 4.90 Å². The Morgan fingerprint density at radius 3 is 2.71 bits per heavy atom. The Bertz CT molecular complexity index is 850. The summed E-state index contributed by atoms with van der Waals surface area (Å²) in [5, 5.41) is 1.37. The standard InChI is InChI=1S/C20H26N4/c1-14-15(2)22-19-17(5-4-6-18(14)19)13-24-10-7-16(8-11-24)20-21-9-12-23(20)3/h4-6,9,12,16,22H,7-8,10-11,13H2,1-3H3. The predicted octanol–water partition coefficient (Wildman–Crippen LogP) is 3.90. The zero-order valence-electron chi connectivity index (χ0n) is 14.8. The molecule has 1 aliphatic rings. The van der Waals surface area contributed by atoms with Gasteiger partial charge in [0, 0.05) is 43.0 Å². The number of nitrogens with one attached hydrogen (secondary N) is 1. The van der Waals surface area contributed by atoms with E-state index < -0.39 is 0 Å². The Hall–Kier alpha value is -2.07. The van der Waals surface area contributed by atoms with Gasteiger partial charge >= 0.3 is 0 Å². The van der Waals surface area contributed by atoms with Crippen molar-refractivity contribution in [3.8, 4) is 0 Å². The average Bonchev–Trinajstić information content (AvgIpc) is 3.14. The fourth-order valence-corrected chi connectivity index (χ4v) is 4.04. The van der Waals surface area contributed by atoms with Crippen LogP contribution in [0.25, 0.3) is 10.9 Å². The highest BCUT2D eigenvalue weighted by atomic mass is 15.1. The molecule has 0 bridgehead atoms. The number of para-hydroxylation sites is 1. The minimum atomic E-state index is 0.604. The van der Waals surface area contributed by atoms with E-state index in [-0.39, 0.29) is 0 Å². The molecule has 0 radical (unpaired) electrons. The van der Waals surface area contributed by atoms with Crippen LogP contribution in [0.1, 0.15) is 41.4 Å². The number of aryl methyl sites for hydroxylation is 3. The molecule has 0 spiro atoms. The van der Waals surface area contributed by atoms with Crippen LogP contribution in [-0.2, 0) is 13.6 Å². The minimum absolute atomic E-state index is 0.604. The van der Waals surface area contributed by atoms with Crippen molar-refractivity contribution in [3.05, 3.63) is 53.2 Å². The van der Waals surface area contributed by atoms with Gasteiger partial charge in [0.15, 0.2) is 0 Å². The lowest BCUT2D eigenvalue weighted by atomic mass is 9.95. The van der Waals surface area contributed by atoms with Gasteiger partial charge in [-0.15, -0.1) is 0 Å². The van der Waals surface area contributed by atoms with Crippen LogP contribution < -0.4 is 0 Å². The van der Waals surface area contributed by atoms with Crippen LogP contribution in [0.5, 0.6) is 0 Å². The number of piperidine rings is 1. The second kappa shape index (κ2) is 6.10. The van der Waals surface area contributed by atoms with Crippen LogP contribution in [0.15, 0.2) is 30.6 Å². The van der Waals surface area contributed by atoms with E-state index in [1.165, 1.54) is 46.4 Å². The van der Waals surface area contributed by atoms with E-state index in [4.69, 9.17) is 0 Å². The lowest BCUT2D eigenvalue weighted by Gasteiger charge is -2.31. The van der Waals surface area contributed by atoms with E-state index in [0.29, 0.717) is 5.92 Å². The molecule has 1 fully saturated rings. The number of H-pyrrole nitrogens is 1. The molecule has 3 aromatic rings. The summed E-state index contributed by atoms with van der Waals surface area (Å²) in [6.45, 7) is 7.69. The van der Waals surface area contributed by atoms with Gasteiger partial charge in [0.25, 0.3) is 0 Å². The predicted molar refractivity (Wildman–Crippen MR) is 98.2 cm³/mol. The summed E-state index contributed by atoms with van der Waals surface area (Å²) in [5.41, 5.74) is 5.39. The maximum atomic E-state index is 4.54. The van der Waals surface area contributed by atoms with Crippen molar-refractivity contribution >= 4 is 10.9 Å². The summed E-state index contributed by atoms with van der Waals surface area (Å²) in [7, 11) is 2.10. The van der Waals surface area contributed by atoms with Gasteiger partial charge in [-0.2, -0.15) is 0 Å². The van der Waals surface area contributed by atoms with Gasteiger partial charge in [-0.1, -0.05) is 18.2 Å². The molecule has 126 valence electrons. The van der Waals surface area contributed by atoms with E-state index in [2.05, 4.69) is 64.7 Å². The molecular weight excluding hydrogens is 296 g/mol. The molecular formula is C20H26N4. The summed E-state index contributed by atoms with van der Waals surface area (Å²) < 4.78 is 2.17. The number of hydrogen-bond acceptors (Lipinski definition) is 2. The third-order valence-corrected chi connectivity index (χ3v) is 5.63. The Balaban J connectivity index is 1.48. The molecule has 0 unspecified atom stereocenters. The summed E-state index contributed by atoms with van der Waals surface area (Å²) >= 11 is 0. The smallest absolute Gasteiger partial charge is 0.111 e. The highest BCUT2D eigenvalue weighted by Crippen LogP contribution is 2.29.